The standard InChI is InChI=1S/C17H19N7OS/c1-25-16-19-5-4-13(22-16)14-11-21-17(26-14)23-15-3-2-12(10-20-15)24-8-6-18-7-9-24/h2-5,10-11,18H,6-9H2,1H3,(H,20,21,23). The highest BCUT2D eigenvalue weighted by Gasteiger charge is 2.11. The maximum absolute atomic E-state index is 5.07. The van der Waals surface area contributed by atoms with Crippen LogP contribution in [0.4, 0.5) is 16.6 Å². The fourth-order valence-corrected chi connectivity index (χ4v) is 3.50. The van der Waals surface area contributed by atoms with E-state index in [2.05, 4.69) is 41.5 Å². The second kappa shape index (κ2) is 7.63. The van der Waals surface area contributed by atoms with Crippen LogP contribution in [0.3, 0.4) is 0 Å². The monoisotopic (exact) mass is 369 g/mol. The Labute approximate surface area is 155 Å². The van der Waals surface area contributed by atoms with Crippen LogP contribution < -0.4 is 20.3 Å². The van der Waals surface area contributed by atoms with Gasteiger partial charge < -0.3 is 20.3 Å². The number of nitrogens with one attached hydrogen (secondary N) is 2. The predicted octanol–water partition coefficient (Wildman–Crippen LogP) is 2.16. The lowest BCUT2D eigenvalue weighted by molar-refractivity contribution is 0.380. The highest BCUT2D eigenvalue weighted by molar-refractivity contribution is 7.18. The number of aromatic nitrogens is 4. The molecule has 4 rings (SSSR count). The van der Waals surface area contributed by atoms with Crippen LogP contribution in [0.2, 0.25) is 0 Å². The zero-order valence-corrected chi connectivity index (χ0v) is 15.2. The van der Waals surface area contributed by atoms with Crippen molar-refractivity contribution in [1.82, 2.24) is 25.3 Å². The summed E-state index contributed by atoms with van der Waals surface area (Å²) in [7, 11) is 1.55. The van der Waals surface area contributed by atoms with Gasteiger partial charge in [0.1, 0.15) is 5.82 Å². The van der Waals surface area contributed by atoms with Crippen molar-refractivity contribution >= 4 is 28.0 Å². The summed E-state index contributed by atoms with van der Waals surface area (Å²) in [6.07, 6.45) is 5.35. The molecule has 3 aromatic heterocycles. The third-order valence-corrected chi connectivity index (χ3v) is 4.97. The van der Waals surface area contributed by atoms with E-state index < -0.39 is 0 Å². The van der Waals surface area contributed by atoms with Crippen molar-refractivity contribution in [2.45, 2.75) is 0 Å². The molecule has 0 atom stereocenters. The molecule has 1 aliphatic rings. The summed E-state index contributed by atoms with van der Waals surface area (Å²) in [5, 5.41) is 7.36. The zero-order valence-electron chi connectivity index (χ0n) is 14.3. The lowest BCUT2D eigenvalue weighted by atomic mass is 10.3. The quantitative estimate of drug-likeness (QED) is 0.707. The van der Waals surface area contributed by atoms with Gasteiger partial charge in [0.2, 0.25) is 0 Å². The molecule has 0 aliphatic carbocycles. The van der Waals surface area contributed by atoms with Gasteiger partial charge in [-0.05, 0) is 18.2 Å². The normalized spacial score (nSPS) is 14.3. The van der Waals surface area contributed by atoms with Gasteiger partial charge in [0.05, 0.1) is 29.6 Å². The van der Waals surface area contributed by atoms with Gasteiger partial charge in [-0.25, -0.2) is 15.0 Å². The minimum atomic E-state index is 0.343. The number of ether oxygens (including phenoxy) is 1. The number of hydrogen-bond acceptors (Lipinski definition) is 9. The fraction of sp³-hybridized carbons (Fsp3) is 0.294. The molecule has 0 unspecified atom stereocenters. The Morgan fingerprint density at radius 2 is 2.00 bits per heavy atom. The van der Waals surface area contributed by atoms with Crippen LogP contribution in [0.25, 0.3) is 10.6 Å². The Morgan fingerprint density at radius 1 is 1.12 bits per heavy atom. The number of thiazole rings is 1. The first-order valence-electron chi connectivity index (χ1n) is 8.34. The van der Waals surface area contributed by atoms with Crippen LogP contribution in [0.5, 0.6) is 6.01 Å². The third-order valence-electron chi connectivity index (χ3n) is 4.04. The lowest BCUT2D eigenvalue weighted by Gasteiger charge is -2.29. The predicted molar refractivity (Wildman–Crippen MR) is 102 cm³/mol. The van der Waals surface area contributed by atoms with Crippen molar-refractivity contribution in [2.24, 2.45) is 0 Å². The highest BCUT2D eigenvalue weighted by Crippen LogP contribution is 2.29. The summed E-state index contributed by atoms with van der Waals surface area (Å²) >= 11 is 1.51. The Kier molecular flexibility index (Phi) is 4.89. The van der Waals surface area contributed by atoms with Crippen LogP contribution in [-0.4, -0.2) is 53.2 Å². The van der Waals surface area contributed by atoms with E-state index in [1.807, 2.05) is 18.3 Å². The Morgan fingerprint density at radius 3 is 2.77 bits per heavy atom. The van der Waals surface area contributed by atoms with Crippen molar-refractivity contribution < 1.29 is 4.74 Å². The third kappa shape index (κ3) is 3.73. The van der Waals surface area contributed by atoms with Crippen molar-refractivity contribution in [3.05, 3.63) is 36.8 Å². The smallest absolute Gasteiger partial charge is 0.316 e. The molecule has 0 saturated carbocycles. The van der Waals surface area contributed by atoms with Gasteiger partial charge in [-0.1, -0.05) is 11.3 Å². The maximum atomic E-state index is 5.07. The van der Waals surface area contributed by atoms with Gasteiger partial charge in [0, 0.05) is 38.6 Å². The molecule has 0 amide bonds. The highest BCUT2D eigenvalue weighted by atomic mass is 32.1. The summed E-state index contributed by atoms with van der Waals surface area (Å²) in [5.74, 6) is 0.769. The molecule has 8 nitrogen and oxygen atoms in total. The SMILES string of the molecule is COc1nccc(-c2cnc(Nc3ccc(N4CCNCC4)cn3)s2)n1. The molecular formula is C17H19N7OS. The first kappa shape index (κ1) is 16.7. The molecule has 26 heavy (non-hydrogen) atoms. The Balaban J connectivity index is 1.45. The van der Waals surface area contributed by atoms with E-state index in [1.165, 1.54) is 11.3 Å². The molecule has 3 aromatic rings. The van der Waals surface area contributed by atoms with E-state index >= 15 is 0 Å². The fourth-order valence-electron chi connectivity index (χ4n) is 2.71. The topological polar surface area (TPSA) is 88.1 Å². The molecule has 1 saturated heterocycles. The molecule has 1 aliphatic heterocycles. The first-order chi connectivity index (χ1) is 12.8. The van der Waals surface area contributed by atoms with Gasteiger partial charge in [0.25, 0.3) is 0 Å². The molecule has 0 spiro atoms. The van der Waals surface area contributed by atoms with Gasteiger partial charge in [0.15, 0.2) is 5.13 Å². The molecule has 0 aromatic carbocycles. The van der Waals surface area contributed by atoms with Crippen LogP contribution in [-0.2, 0) is 0 Å². The van der Waals surface area contributed by atoms with Crippen LogP contribution >= 0.6 is 11.3 Å². The van der Waals surface area contributed by atoms with E-state index in [0.29, 0.717) is 6.01 Å². The maximum Gasteiger partial charge on any atom is 0.316 e. The second-order valence-electron chi connectivity index (χ2n) is 5.72. The number of anilines is 3. The van der Waals surface area contributed by atoms with E-state index in [9.17, 15) is 0 Å². The molecule has 134 valence electrons. The van der Waals surface area contributed by atoms with Gasteiger partial charge in [-0.3, -0.25) is 0 Å². The van der Waals surface area contributed by atoms with E-state index in [1.54, 1.807) is 19.5 Å². The summed E-state index contributed by atoms with van der Waals surface area (Å²) in [6, 6.07) is 6.24. The molecular weight excluding hydrogens is 350 g/mol. The molecule has 1 fully saturated rings. The van der Waals surface area contributed by atoms with E-state index in [-0.39, 0.29) is 0 Å². The number of pyridine rings is 1. The van der Waals surface area contributed by atoms with Crippen molar-refractivity contribution in [1.29, 1.82) is 0 Å². The Hall–Kier alpha value is -2.78. The minimum Gasteiger partial charge on any atom is -0.467 e. The zero-order chi connectivity index (χ0) is 17.8. The average Bonchev–Trinajstić information content (AvgIpc) is 3.18. The summed E-state index contributed by atoms with van der Waals surface area (Å²) in [4.78, 5) is 20.5. The number of nitrogens with zero attached hydrogens (tertiary/aromatic N) is 5. The Bertz CT molecular complexity index is 862. The van der Waals surface area contributed by atoms with Crippen LogP contribution in [0.1, 0.15) is 0 Å². The average molecular weight is 369 g/mol. The molecule has 2 N–H and O–H groups in total. The lowest BCUT2D eigenvalue weighted by Crippen LogP contribution is -2.43. The molecule has 0 radical (unpaired) electrons. The van der Waals surface area contributed by atoms with Gasteiger partial charge in [-0.15, -0.1) is 0 Å². The van der Waals surface area contributed by atoms with Crippen molar-refractivity contribution in [3.8, 4) is 16.6 Å². The van der Waals surface area contributed by atoms with Crippen molar-refractivity contribution in [3.63, 3.8) is 0 Å². The van der Waals surface area contributed by atoms with Gasteiger partial charge >= 0.3 is 6.01 Å². The molecule has 0 bridgehead atoms. The molecule has 4 heterocycles. The second-order valence-corrected chi connectivity index (χ2v) is 6.75. The minimum absolute atomic E-state index is 0.343. The summed E-state index contributed by atoms with van der Waals surface area (Å²) in [6.45, 7) is 4.03. The summed E-state index contributed by atoms with van der Waals surface area (Å²) in [5.41, 5.74) is 1.93. The number of piperazine rings is 1. The van der Waals surface area contributed by atoms with Crippen molar-refractivity contribution in [2.75, 3.05) is 43.5 Å². The van der Waals surface area contributed by atoms with Crippen LogP contribution in [0.15, 0.2) is 36.8 Å². The number of methoxy groups -OCH3 is 1. The van der Waals surface area contributed by atoms with E-state index in [0.717, 1.165) is 53.4 Å². The van der Waals surface area contributed by atoms with E-state index in [4.69, 9.17) is 4.74 Å². The van der Waals surface area contributed by atoms with Crippen LogP contribution in [0, 0.1) is 0 Å². The molecule has 9 heteroatoms. The number of hydrogen-bond donors (Lipinski definition) is 2. The first-order valence-corrected chi connectivity index (χ1v) is 9.15. The largest absolute Gasteiger partial charge is 0.467 e. The summed E-state index contributed by atoms with van der Waals surface area (Å²) < 4.78 is 5.07. The number of rotatable bonds is 5. The van der Waals surface area contributed by atoms with Gasteiger partial charge in [-0.2, -0.15) is 4.98 Å².